The lowest BCUT2D eigenvalue weighted by Crippen LogP contribution is -2.60. The molecular formula is C17H32N2O2. The van der Waals surface area contributed by atoms with Gasteiger partial charge >= 0.3 is 0 Å². The Labute approximate surface area is 129 Å². The van der Waals surface area contributed by atoms with Crippen LogP contribution in [0, 0.1) is 11.3 Å². The first kappa shape index (κ1) is 18.1. The Balaban J connectivity index is 3.08. The van der Waals surface area contributed by atoms with Gasteiger partial charge in [0.15, 0.2) is 0 Å². The van der Waals surface area contributed by atoms with Crippen LogP contribution >= 0.6 is 0 Å². The van der Waals surface area contributed by atoms with Crippen LogP contribution in [-0.4, -0.2) is 27.8 Å². The van der Waals surface area contributed by atoms with E-state index in [1.807, 2.05) is 34.6 Å². The minimum Gasteiger partial charge on any atom is -0.325 e. The Morgan fingerprint density at radius 3 is 1.90 bits per heavy atom. The van der Waals surface area contributed by atoms with Crippen LogP contribution in [0.3, 0.4) is 0 Å². The van der Waals surface area contributed by atoms with Gasteiger partial charge < -0.3 is 5.73 Å². The van der Waals surface area contributed by atoms with Crippen LogP contribution in [0.15, 0.2) is 0 Å². The lowest BCUT2D eigenvalue weighted by molar-refractivity contribution is -0.163. The van der Waals surface area contributed by atoms with Crippen molar-refractivity contribution in [2.75, 3.05) is 0 Å². The summed E-state index contributed by atoms with van der Waals surface area (Å²) in [5.74, 6) is 0.221. The average Bonchev–Trinajstić information content (AvgIpc) is 2.24. The predicted molar refractivity (Wildman–Crippen MR) is 85.6 cm³/mol. The molecule has 0 spiro atoms. The molecular weight excluding hydrogens is 264 g/mol. The number of amides is 2. The fourth-order valence-electron chi connectivity index (χ4n) is 3.40. The van der Waals surface area contributed by atoms with Crippen LogP contribution in [0.4, 0.5) is 0 Å². The molecule has 0 aliphatic carbocycles. The minimum absolute atomic E-state index is 0.0453. The fourth-order valence-corrected chi connectivity index (χ4v) is 3.40. The van der Waals surface area contributed by atoms with E-state index in [4.69, 9.17) is 5.73 Å². The maximum atomic E-state index is 12.7. The molecule has 1 fully saturated rings. The van der Waals surface area contributed by atoms with Crippen LogP contribution < -0.4 is 5.73 Å². The average molecular weight is 296 g/mol. The van der Waals surface area contributed by atoms with Crippen LogP contribution in [0.25, 0.3) is 0 Å². The molecule has 0 aromatic rings. The second kappa shape index (κ2) is 5.71. The molecule has 2 amide bonds. The largest absolute Gasteiger partial charge is 0.325 e. The Morgan fingerprint density at radius 1 is 1.19 bits per heavy atom. The van der Waals surface area contributed by atoms with Gasteiger partial charge in [0.05, 0.1) is 0 Å². The highest BCUT2D eigenvalue weighted by Crippen LogP contribution is 2.42. The molecule has 1 heterocycles. The van der Waals surface area contributed by atoms with Crippen LogP contribution in [-0.2, 0) is 9.59 Å². The normalized spacial score (nSPS) is 22.6. The van der Waals surface area contributed by atoms with Gasteiger partial charge in [-0.05, 0) is 44.9 Å². The van der Waals surface area contributed by atoms with E-state index in [1.165, 1.54) is 4.90 Å². The number of imide groups is 1. The first-order valence-electron chi connectivity index (χ1n) is 7.99. The highest BCUT2D eigenvalue weighted by molar-refractivity contribution is 5.99. The summed E-state index contributed by atoms with van der Waals surface area (Å²) in [4.78, 5) is 26.9. The third-order valence-corrected chi connectivity index (χ3v) is 5.14. The zero-order valence-corrected chi connectivity index (χ0v) is 14.7. The third-order valence-electron chi connectivity index (χ3n) is 5.14. The van der Waals surface area contributed by atoms with E-state index in [1.54, 1.807) is 0 Å². The van der Waals surface area contributed by atoms with Gasteiger partial charge in [-0.25, -0.2) is 0 Å². The molecule has 4 heteroatoms. The van der Waals surface area contributed by atoms with Gasteiger partial charge in [0, 0.05) is 23.9 Å². The van der Waals surface area contributed by atoms with Gasteiger partial charge in [0.25, 0.3) is 0 Å². The molecule has 1 aliphatic rings. The van der Waals surface area contributed by atoms with Crippen molar-refractivity contribution in [3.63, 3.8) is 0 Å². The van der Waals surface area contributed by atoms with Crippen molar-refractivity contribution in [2.24, 2.45) is 17.1 Å². The molecule has 21 heavy (non-hydrogen) atoms. The molecule has 1 saturated heterocycles. The highest BCUT2D eigenvalue weighted by atomic mass is 16.2. The summed E-state index contributed by atoms with van der Waals surface area (Å²) in [5.41, 5.74) is 5.01. The van der Waals surface area contributed by atoms with Gasteiger partial charge in [-0.1, -0.05) is 27.7 Å². The van der Waals surface area contributed by atoms with Gasteiger partial charge in [-0.2, -0.15) is 0 Å². The third kappa shape index (κ3) is 3.85. The molecule has 4 nitrogen and oxygen atoms in total. The summed E-state index contributed by atoms with van der Waals surface area (Å²) < 4.78 is 0. The molecule has 122 valence electrons. The quantitative estimate of drug-likeness (QED) is 0.793. The summed E-state index contributed by atoms with van der Waals surface area (Å²) in [6.07, 6.45) is 2.23. The number of hydrogen-bond donors (Lipinski definition) is 1. The molecule has 2 N–H and O–H groups in total. The molecule has 1 aliphatic heterocycles. The summed E-state index contributed by atoms with van der Waals surface area (Å²) in [6.45, 7) is 14.1. The van der Waals surface area contributed by atoms with Crippen molar-refractivity contribution < 1.29 is 9.59 Å². The number of carbonyl (C=O) groups is 2. The number of nitrogens with two attached hydrogens (primary N) is 1. The Kier molecular flexibility index (Phi) is 4.94. The van der Waals surface area contributed by atoms with Gasteiger partial charge in [0.2, 0.25) is 11.8 Å². The molecule has 0 aromatic heterocycles. The van der Waals surface area contributed by atoms with Crippen molar-refractivity contribution in [3.8, 4) is 0 Å². The molecule has 1 unspecified atom stereocenters. The number of nitrogens with zero attached hydrogens (tertiary/aromatic N) is 1. The maximum absolute atomic E-state index is 12.7. The summed E-state index contributed by atoms with van der Waals surface area (Å²) in [6, 6.07) is 0. The highest BCUT2D eigenvalue weighted by Gasteiger charge is 2.48. The van der Waals surface area contributed by atoms with E-state index < -0.39 is 11.1 Å². The lowest BCUT2D eigenvalue weighted by atomic mass is 9.69. The van der Waals surface area contributed by atoms with E-state index in [9.17, 15) is 9.59 Å². The molecule has 0 radical (unpaired) electrons. The molecule has 1 rings (SSSR count). The van der Waals surface area contributed by atoms with Gasteiger partial charge in [-0.3, -0.25) is 14.5 Å². The summed E-state index contributed by atoms with van der Waals surface area (Å²) in [7, 11) is 0. The van der Waals surface area contributed by atoms with Crippen molar-refractivity contribution in [1.82, 2.24) is 4.90 Å². The molecule has 1 atom stereocenters. The Morgan fingerprint density at radius 2 is 1.62 bits per heavy atom. The predicted octanol–water partition coefficient (Wildman–Crippen LogP) is 3.09. The van der Waals surface area contributed by atoms with E-state index in [2.05, 4.69) is 13.8 Å². The minimum atomic E-state index is -0.495. The van der Waals surface area contributed by atoms with E-state index >= 15 is 0 Å². The van der Waals surface area contributed by atoms with Crippen LogP contribution in [0.1, 0.15) is 74.1 Å². The van der Waals surface area contributed by atoms with Gasteiger partial charge in [0.1, 0.15) is 0 Å². The topological polar surface area (TPSA) is 63.4 Å². The van der Waals surface area contributed by atoms with E-state index in [0.29, 0.717) is 25.2 Å². The van der Waals surface area contributed by atoms with Crippen molar-refractivity contribution in [1.29, 1.82) is 0 Å². The number of hydrogen-bond acceptors (Lipinski definition) is 3. The summed E-state index contributed by atoms with van der Waals surface area (Å²) in [5, 5.41) is 0. The van der Waals surface area contributed by atoms with Crippen LogP contribution in [0.2, 0.25) is 0 Å². The first-order valence-corrected chi connectivity index (χ1v) is 7.99. The van der Waals surface area contributed by atoms with Crippen LogP contribution in [0.5, 0.6) is 0 Å². The number of carbonyl (C=O) groups excluding carboxylic acids is 2. The zero-order valence-electron chi connectivity index (χ0n) is 14.7. The standard InChI is InChI=1S/C17H32N2O2/c1-8-17(7,11-15(4,5)18)19-13(20)9-16(6,12(2)3)10-14(19)21/h12H,8-11,18H2,1-7H3. The first-order chi connectivity index (χ1) is 9.34. The monoisotopic (exact) mass is 296 g/mol. The Bertz CT molecular complexity index is 405. The zero-order chi connectivity index (χ0) is 16.6. The molecule has 0 bridgehead atoms. The molecule has 0 aromatic carbocycles. The van der Waals surface area contributed by atoms with Crippen molar-refractivity contribution >= 4 is 11.8 Å². The van der Waals surface area contributed by atoms with Crippen molar-refractivity contribution in [2.45, 2.75) is 85.2 Å². The second-order valence-corrected chi connectivity index (χ2v) is 8.30. The lowest BCUT2D eigenvalue weighted by Gasteiger charge is -2.49. The molecule has 0 saturated carbocycles. The Hall–Kier alpha value is -0.900. The SMILES string of the molecule is CCC(C)(CC(C)(C)N)N1C(=O)CC(C)(C(C)C)CC1=O. The number of likely N-dealkylation sites (tertiary alicyclic amines) is 1. The number of rotatable bonds is 5. The summed E-state index contributed by atoms with van der Waals surface area (Å²) >= 11 is 0. The van der Waals surface area contributed by atoms with E-state index in [-0.39, 0.29) is 17.2 Å². The fraction of sp³-hybridized carbons (Fsp3) is 0.882. The smallest absolute Gasteiger partial charge is 0.230 e. The van der Waals surface area contributed by atoms with E-state index in [0.717, 1.165) is 6.42 Å². The number of piperidine rings is 1. The van der Waals surface area contributed by atoms with Crippen molar-refractivity contribution in [3.05, 3.63) is 0 Å². The maximum Gasteiger partial charge on any atom is 0.230 e. The van der Waals surface area contributed by atoms with Gasteiger partial charge in [-0.15, -0.1) is 0 Å². The second-order valence-electron chi connectivity index (χ2n) is 8.30.